The largest absolute Gasteiger partial charge is 0.481 e. The molecule has 0 bridgehead atoms. The van der Waals surface area contributed by atoms with Crippen LogP contribution < -0.4 is 0 Å². The van der Waals surface area contributed by atoms with Crippen LogP contribution in [0.25, 0.3) is 0 Å². The summed E-state index contributed by atoms with van der Waals surface area (Å²) in [5.74, 6) is -0.996. The Morgan fingerprint density at radius 1 is 1.44 bits per heavy atom. The van der Waals surface area contributed by atoms with E-state index in [0.29, 0.717) is 19.6 Å². The fraction of sp³-hybridized carbons (Fsp3) is 0.900. The molecule has 1 aliphatic rings. The van der Waals surface area contributed by atoms with E-state index in [1.807, 2.05) is 14.0 Å². The highest BCUT2D eigenvalue weighted by molar-refractivity contribution is 7.86. The third kappa shape index (κ3) is 3.64. The molecule has 106 valence electrons. The van der Waals surface area contributed by atoms with E-state index in [9.17, 15) is 13.2 Å². The molecule has 1 rings (SSSR count). The van der Waals surface area contributed by atoms with Crippen molar-refractivity contribution in [3.63, 3.8) is 0 Å². The Hall–Kier alpha value is -0.700. The quantitative estimate of drug-likeness (QED) is 0.718. The second-order valence-electron chi connectivity index (χ2n) is 4.66. The molecule has 1 fully saturated rings. The zero-order valence-corrected chi connectivity index (χ0v) is 11.9. The summed E-state index contributed by atoms with van der Waals surface area (Å²) in [5, 5.41) is 8.57. The lowest BCUT2D eigenvalue weighted by molar-refractivity contribution is -0.137. The third-order valence-corrected chi connectivity index (χ3v) is 5.24. The molecule has 0 spiro atoms. The van der Waals surface area contributed by atoms with E-state index in [1.54, 1.807) is 0 Å². The molecular weight excluding hydrogens is 258 g/mol. The van der Waals surface area contributed by atoms with E-state index in [0.717, 1.165) is 4.31 Å². The Labute approximate surface area is 108 Å². The molecule has 1 saturated heterocycles. The standard InChI is InChI=1S/C10H21N3O4S/c1-9-8-13(7-6-11(9)2)18(16,17)12(3)5-4-10(14)15/h9H,4-8H2,1-3H3,(H,14,15). The number of likely N-dealkylation sites (N-methyl/N-ethyl adjacent to an activating group) is 1. The van der Waals surface area contributed by atoms with Crippen LogP contribution in [0.4, 0.5) is 0 Å². The van der Waals surface area contributed by atoms with Crippen LogP contribution in [0.15, 0.2) is 0 Å². The van der Waals surface area contributed by atoms with E-state index >= 15 is 0 Å². The van der Waals surface area contributed by atoms with Crippen molar-refractivity contribution in [2.75, 3.05) is 40.3 Å². The number of carboxylic acids is 1. The van der Waals surface area contributed by atoms with Gasteiger partial charge < -0.3 is 10.0 Å². The highest BCUT2D eigenvalue weighted by Crippen LogP contribution is 2.14. The average Bonchev–Trinajstić information content (AvgIpc) is 2.29. The molecule has 0 saturated carbocycles. The van der Waals surface area contributed by atoms with Gasteiger partial charge in [-0.15, -0.1) is 0 Å². The molecule has 0 aliphatic carbocycles. The maximum atomic E-state index is 12.2. The Kier molecular flexibility index (Phi) is 5.09. The van der Waals surface area contributed by atoms with Gasteiger partial charge in [0.15, 0.2) is 0 Å². The van der Waals surface area contributed by atoms with Gasteiger partial charge in [-0.05, 0) is 14.0 Å². The monoisotopic (exact) mass is 279 g/mol. The topological polar surface area (TPSA) is 81.2 Å². The Morgan fingerprint density at radius 3 is 2.56 bits per heavy atom. The van der Waals surface area contributed by atoms with E-state index in [1.165, 1.54) is 11.4 Å². The van der Waals surface area contributed by atoms with Crippen molar-refractivity contribution in [3.05, 3.63) is 0 Å². The lowest BCUT2D eigenvalue weighted by Gasteiger charge is -2.38. The van der Waals surface area contributed by atoms with Crippen molar-refractivity contribution in [3.8, 4) is 0 Å². The lowest BCUT2D eigenvalue weighted by atomic mass is 10.2. The second kappa shape index (κ2) is 5.96. The van der Waals surface area contributed by atoms with E-state index in [-0.39, 0.29) is 19.0 Å². The molecule has 18 heavy (non-hydrogen) atoms. The minimum Gasteiger partial charge on any atom is -0.481 e. The Morgan fingerprint density at radius 2 is 2.06 bits per heavy atom. The molecule has 0 amide bonds. The summed E-state index contributed by atoms with van der Waals surface area (Å²) in [5.41, 5.74) is 0. The molecule has 1 unspecified atom stereocenters. The summed E-state index contributed by atoms with van der Waals surface area (Å²) in [6, 6.07) is 0.168. The maximum absolute atomic E-state index is 12.2. The van der Waals surface area contributed by atoms with Crippen molar-refractivity contribution in [2.24, 2.45) is 0 Å². The number of aliphatic carboxylic acids is 1. The second-order valence-corrected chi connectivity index (χ2v) is 6.70. The van der Waals surface area contributed by atoms with Crippen LogP contribution in [0.1, 0.15) is 13.3 Å². The first kappa shape index (κ1) is 15.4. The van der Waals surface area contributed by atoms with Crippen LogP contribution in [-0.4, -0.2) is 79.3 Å². The summed E-state index contributed by atoms with van der Waals surface area (Å²) in [6.07, 6.45) is -0.182. The molecule has 0 radical (unpaired) electrons. The smallest absolute Gasteiger partial charge is 0.304 e. The predicted octanol–water partition coefficient (Wildman–Crippen LogP) is -0.726. The molecule has 1 heterocycles. The normalized spacial score (nSPS) is 23.4. The van der Waals surface area contributed by atoms with Gasteiger partial charge in [0, 0.05) is 39.3 Å². The third-order valence-electron chi connectivity index (χ3n) is 3.28. The molecule has 1 aliphatic heterocycles. The number of rotatable bonds is 5. The predicted molar refractivity (Wildman–Crippen MR) is 67.5 cm³/mol. The van der Waals surface area contributed by atoms with Crippen molar-refractivity contribution < 1.29 is 18.3 Å². The minimum atomic E-state index is -3.54. The van der Waals surface area contributed by atoms with Gasteiger partial charge in [0.1, 0.15) is 0 Å². The number of piperazine rings is 1. The fourth-order valence-electron chi connectivity index (χ4n) is 1.79. The van der Waals surface area contributed by atoms with E-state index in [4.69, 9.17) is 5.11 Å². The van der Waals surface area contributed by atoms with Crippen LogP contribution in [0.3, 0.4) is 0 Å². The first-order valence-corrected chi connectivity index (χ1v) is 7.28. The number of carboxylic acid groups (broad SMARTS) is 1. The highest BCUT2D eigenvalue weighted by atomic mass is 32.2. The molecule has 0 aromatic heterocycles. The molecule has 1 N–H and O–H groups in total. The van der Waals surface area contributed by atoms with E-state index < -0.39 is 16.2 Å². The molecule has 1 atom stereocenters. The SMILES string of the molecule is CC1CN(S(=O)(=O)N(C)CCC(=O)O)CCN1C. The average molecular weight is 279 g/mol. The van der Waals surface area contributed by atoms with Gasteiger partial charge in [0.05, 0.1) is 6.42 Å². The summed E-state index contributed by atoms with van der Waals surface area (Å²) in [6.45, 7) is 3.54. The van der Waals surface area contributed by atoms with Crippen molar-refractivity contribution >= 4 is 16.2 Å². The lowest BCUT2D eigenvalue weighted by Crippen LogP contribution is -2.55. The number of hydrogen-bond acceptors (Lipinski definition) is 4. The van der Waals surface area contributed by atoms with Crippen LogP contribution in [0, 0.1) is 0 Å². The number of carbonyl (C=O) groups is 1. The molecule has 0 aromatic carbocycles. The van der Waals surface area contributed by atoms with Crippen LogP contribution in [0.5, 0.6) is 0 Å². The van der Waals surface area contributed by atoms with Gasteiger partial charge in [-0.1, -0.05) is 0 Å². The van der Waals surface area contributed by atoms with Gasteiger partial charge in [0.2, 0.25) is 0 Å². The summed E-state index contributed by atoms with van der Waals surface area (Å²) >= 11 is 0. The molecule has 0 aromatic rings. The van der Waals surface area contributed by atoms with Crippen LogP contribution in [-0.2, 0) is 15.0 Å². The highest BCUT2D eigenvalue weighted by Gasteiger charge is 2.32. The number of nitrogens with zero attached hydrogens (tertiary/aromatic N) is 3. The summed E-state index contributed by atoms with van der Waals surface area (Å²) in [4.78, 5) is 12.6. The molecule has 7 nitrogen and oxygen atoms in total. The van der Waals surface area contributed by atoms with Gasteiger partial charge in [-0.2, -0.15) is 17.0 Å². The van der Waals surface area contributed by atoms with Gasteiger partial charge in [-0.3, -0.25) is 4.79 Å². The first-order chi connectivity index (χ1) is 8.25. The maximum Gasteiger partial charge on any atom is 0.304 e. The summed E-state index contributed by atoms with van der Waals surface area (Å²) < 4.78 is 26.9. The Bertz CT molecular complexity index is 398. The zero-order chi connectivity index (χ0) is 13.9. The van der Waals surface area contributed by atoms with Crippen LogP contribution >= 0.6 is 0 Å². The van der Waals surface area contributed by atoms with Gasteiger partial charge in [0.25, 0.3) is 10.2 Å². The van der Waals surface area contributed by atoms with E-state index in [2.05, 4.69) is 4.90 Å². The summed E-state index contributed by atoms with van der Waals surface area (Å²) in [7, 11) is -0.158. The van der Waals surface area contributed by atoms with Crippen molar-refractivity contribution in [1.82, 2.24) is 13.5 Å². The van der Waals surface area contributed by atoms with Crippen LogP contribution in [0.2, 0.25) is 0 Å². The Balaban J connectivity index is 2.65. The van der Waals surface area contributed by atoms with Gasteiger partial charge in [-0.25, -0.2) is 0 Å². The number of hydrogen-bond donors (Lipinski definition) is 1. The molecule has 8 heteroatoms. The van der Waals surface area contributed by atoms with Crippen molar-refractivity contribution in [2.45, 2.75) is 19.4 Å². The molecular formula is C10H21N3O4S. The zero-order valence-electron chi connectivity index (χ0n) is 11.0. The van der Waals surface area contributed by atoms with Crippen molar-refractivity contribution in [1.29, 1.82) is 0 Å². The van der Waals surface area contributed by atoms with Gasteiger partial charge >= 0.3 is 5.97 Å². The minimum absolute atomic E-state index is 0.00160. The first-order valence-electron chi connectivity index (χ1n) is 5.88. The fourth-order valence-corrected chi connectivity index (χ4v) is 3.22.